The Hall–Kier alpha value is 0.180. The average Bonchev–Trinajstić information content (AvgIpc) is 2.14. The maximum Gasteiger partial charge on any atom is 0.0486 e. The minimum Gasteiger partial charge on any atom is -0.143 e. The van der Waals surface area contributed by atoms with Gasteiger partial charge in [-0.3, -0.25) is 0 Å². The van der Waals surface area contributed by atoms with E-state index in [2.05, 4.69) is 27.4 Å². The highest BCUT2D eigenvalue weighted by Crippen LogP contribution is 2.07. The fourth-order valence-electron chi connectivity index (χ4n) is 0.332. The zero-order chi connectivity index (χ0) is 5.11. The highest BCUT2D eigenvalue weighted by molar-refractivity contribution is 9.08. The van der Waals surface area contributed by atoms with Crippen molar-refractivity contribution >= 4 is 27.3 Å². The Morgan fingerprint density at radius 2 is 2.71 bits per heavy atom. The van der Waals surface area contributed by atoms with Crippen LogP contribution in [0.25, 0.3) is 0 Å². The standard InChI is InChI=1S/C5H4BrS/c6-3-5-1-2-7-4-5/h1-2H,3H2. The first-order valence-electron chi connectivity index (χ1n) is 1.93. The van der Waals surface area contributed by atoms with E-state index in [1.165, 1.54) is 5.56 Å². The van der Waals surface area contributed by atoms with Crippen molar-refractivity contribution in [1.82, 2.24) is 0 Å². The van der Waals surface area contributed by atoms with Crippen molar-refractivity contribution in [2.75, 3.05) is 0 Å². The van der Waals surface area contributed by atoms with E-state index in [0.717, 1.165) is 5.33 Å². The van der Waals surface area contributed by atoms with Crippen molar-refractivity contribution in [2.24, 2.45) is 0 Å². The third kappa shape index (κ3) is 1.28. The molecule has 0 nitrogen and oxygen atoms in total. The fraction of sp³-hybridized carbons (Fsp3) is 0.200. The summed E-state index contributed by atoms with van der Waals surface area (Å²) in [5.74, 6) is 0. The minimum absolute atomic E-state index is 0.927. The molecule has 1 radical (unpaired) electrons. The van der Waals surface area contributed by atoms with Crippen molar-refractivity contribution in [3.8, 4) is 0 Å². The number of alkyl halides is 1. The molecule has 0 unspecified atom stereocenters. The monoisotopic (exact) mass is 175 g/mol. The van der Waals surface area contributed by atoms with Gasteiger partial charge in [-0.15, -0.1) is 11.3 Å². The molecule has 0 bridgehead atoms. The third-order valence-electron chi connectivity index (χ3n) is 0.671. The molecular weight excluding hydrogens is 172 g/mol. The average molecular weight is 176 g/mol. The lowest BCUT2D eigenvalue weighted by molar-refractivity contribution is 1.50. The summed E-state index contributed by atoms with van der Waals surface area (Å²) >= 11 is 4.92. The Kier molecular flexibility index (Phi) is 1.88. The number of halogens is 1. The Bertz CT molecular complexity index is 123. The molecule has 1 aromatic rings. The second-order valence-corrected chi connectivity index (χ2v) is 2.45. The maximum absolute atomic E-state index is 3.31. The van der Waals surface area contributed by atoms with Crippen molar-refractivity contribution in [3.63, 3.8) is 0 Å². The zero-order valence-corrected chi connectivity index (χ0v) is 6.05. The highest BCUT2D eigenvalue weighted by atomic mass is 79.9. The lowest BCUT2D eigenvalue weighted by Crippen LogP contribution is -1.62. The van der Waals surface area contributed by atoms with Gasteiger partial charge in [-0.1, -0.05) is 15.9 Å². The molecular formula is C5H4BrS. The lowest BCUT2D eigenvalue weighted by atomic mass is 10.4. The Morgan fingerprint density at radius 1 is 1.86 bits per heavy atom. The molecule has 0 saturated heterocycles. The lowest BCUT2D eigenvalue weighted by Gasteiger charge is -1.76. The van der Waals surface area contributed by atoms with E-state index in [-0.39, 0.29) is 0 Å². The summed E-state index contributed by atoms with van der Waals surface area (Å²) < 4.78 is 0. The number of hydrogen-bond acceptors (Lipinski definition) is 1. The predicted octanol–water partition coefficient (Wildman–Crippen LogP) is 2.44. The summed E-state index contributed by atoms with van der Waals surface area (Å²) in [6, 6.07) is 2.05. The topological polar surface area (TPSA) is 0 Å². The van der Waals surface area contributed by atoms with Gasteiger partial charge in [-0.2, -0.15) is 0 Å². The summed E-state index contributed by atoms with van der Waals surface area (Å²) in [5, 5.41) is 6.03. The van der Waals surface area contributed by atoms with E-state index in [1.807, 2.05) is 5.38 Å². The van der Waals surface area contributed by atoms with Gasteiger partial charge >= 0.3 is 0 Å². The van der Waals surface area contributed by atoms with Gasteiger partial charge in [0.2, 0.25) is 0 Å². The van der Waals surface area contributed by atoms with Crippen molar-refractivity contribution in [2.45, 2.75) is 5.33 Å². The zero-order valence-electron chi connectivity index (χ0n) is 3.65. The van der Waals surface area contributed by atoms with Gasteiger partial charge in [0.25, 0.3) is 0 Å². The fourth-order valence-corrected chi connectivity index (χ4v) is 1.44. The molecule has 1 rings (SSSR count). The van der Waals surface area contributed by atoms with Crippen LogP contribution in [0.3, 0.4) is 0 Å². The molecule has 0 spiro atoms. The van der Waals surface area contributed by atoms with Crippen LogP contribution in [0.4, 0.5) is 0 Å². The van der Waals surface area contributed by atoms with Gasteiger partial charge in [0.1, 0.15) is 0 Å². The van der Waals surface area contributed by atoms with Gasteiger partial charge in [-0.05, 0) is 17.0 Å². The summed E-state index contributed by atoms with van der Waals surface area (Å²) in [5.41, 5.74) is 1.24. The predicted molar refractivity (Wildman–Crippen MR) is 35.8 cm³/mol. The van der Waals surface area contributed by atoms with E-state index in [1.54, 1.807) is 11.3 Å². The molecule has 7 heavy (non-hydrogen) atoms. The number of hydrogen-bond donors (Lipinski definition) is 0. The maximum atomic E-state index is 3.31. The first-order valence-corrected chi connectivity index (χ1v) is 3.93. The van der Waals surface area contributed by atoms with Gasteiger partial charge in [0, 0.05) is 10.7 Å². The van der Waals surface area contributed by atoms with E-state index in [9.17, 15) is 0 Å². The number of thiophene rings is 1. The minimum atomic E-state index is 0.927. The molecule has 1 heterocycles. The summed E-state index contributed by atoms with van der Waals surface area (Å²) in [7, 11) is 0. The van der Waals surface area contributed by atoms with Gasteiger partial charge in [0.05, 0.1) is 0 Å². The largest absolute Gasteiger partial charge is 0.143 e. The molecule has 0 saturated carbocycles. The van der Waals surface area contributed by atoms with Crippen LogP contribution in [0.1, 0.15) is 5.56 Å². The third-order valence-corrected chi connectivity index (χ3v) is 1.93. The van der Waals surface area contributed by atoms with Gasteiger partial charge in [-0.25, -0.2) is 0 Å². The van der Waals surface area contributed by atoms with Crippen LogP contribution in [0, 0.1) is 5.38 Å². The SMILES string of the molecule is BrCc1[c]scc1. The molecule has 0 N–H and O–H groups in total. The van der Waals surface area contributed by atoms with Crippen LogP contribution in [0.15, 0.2) is 11.4 Å². The first kappa shape index (κ1) is 5.32. The summed E-state index contributed by atoms with van der Waals surface area (Å²) in [4.78, 5) is 0. The van der Waals surface area contributed by atoms with Gasteiger partial charge < -0.3 is 0 Å². The van der Waals surface area contributed by atoms with Gasteiger partial charge in [0.15, 0.2) is 0 Å². The molecule has 1 aromatic heterocycles. The Balaban J connectivity index is 2.76. The first-order chi connectivity index (χ1) is 3.43. The smallest absolute Gasteiger partial charge is 0.0486 e. The summed E-state index contributed by atoms with van der Waals surface area (Å²) in [6.45, 7) is 0. The molecule has 0 fully saturated rings. The second-order valence-electron chi connectivity index (χ2n) is 1.18. The van der Waals surface area contributed by atoms with Crippen LogP contribution in [-0.4, -0.2) is 0 Å². The summed E-state index contributed by atoms with van der Waals surface area (Å²) in [6.07, 6.45) is 0. The van der Waals surface area contributed by atoms with Crippen LogP contribution in [0.5, 0.6) is 0 Å². The van der Waals surface area contributed by atoms with Crippen molar-refractivity contribution < 1.29 is 0 Å². The number of rotatable bonds is 1. The Labute approximate surface area is 55.3 Å². The van der Waals surface area contributed by atoms with Crippen LogP contribution in [-0.2, 0) is 5.33 Å². The molecule has 2 heteroatoms. The van der Waals surface area contributed by atoms with Crippen LogP contribution < -0.4 is 0 Å². The molecule has 0 aliphatic rings. The van der Waals surface area contributed by atoms with E-state index < -0.39 is 0 Å². The van der Waals surface area contributed by atoms with Crippen molar-refractivity contribution in [1.29, 1.82) is 0 Å². The van der Waals surface area contributed by atoms with Crippen LogP contribution in [0.2, 0.25) is 0 Å². The molecule has 0 atom stereocenters. The van der Waals surface area contributed by atoms with E-state index in [4.69, 9.17) is 0 Å². The highest BCUT2D eigenvalue weighted by Gasteiger charge is 1.84. The molecule has 0 aliphatic carbocycles. The quantitative estimate of drug-likeness (QED) is 0.576. The molecule has 0 aromatic carbocycles. The Morgan fingerprint density at radius 3 is 3.00 bits per heavy atom. The molecule has 0 aliphatic heterocycles. The van der Waals surface area contributed by atoms with E-state index >= 15 is 0 Å². The molecule has 0 amide bonds. The normalized spacial score (nSPS) is 9.29. The second kappa shape index (κ2) is 2.48. The van der Waals surface area contributed by atoms with E-state index in [0.29, 0.717) is 0 Å². The molecule has 37 valence electrons. The van der Waals surface area contributed by atoms with Crippen molar-refractivity contribution in [3.05, 3.63) is 22.4 Å². The van der Waals surface area contributed by atoms with Crippen LogP contribution >= 0.6 is 27.3 Å².